The first-order valence-corrected chi connectivity index (χ1v) is 9.18. The number of halogens is 2. The van der Waals surface area contributed by atoms with Crippen LogP contribution >= 0.6 is 12.4 Å². The fourth-order valence-corrected chi connectivity index (χ4v) is 3.96. The second-order valence-electron chi connectivity index (χ2n) is 7.21. The van der Waals surface area contributed by atoms with Crippen LogP contribution in [0.5, 0.6) is 0 Å². The second kappa shape index (κ2) is 8.27. The van der Waals surface area contributed by atoms with Gasteiger partial charge in [-0.15, -0.1) is 12.4 Å². The number of H-pyrrole nitrogens is 2. The highest BCUT2D eigenvalue weighted by Crippen LogP contribution is 2.20. The van der Waals surface area contributed by atoms with Crippen LogP contribution in [0.25, 0.3) is 0 Å². The Morgan fingerprint density at radius 2 is 2.04 bits per heavy atom. The largest absolute Gasteiger partial charge is 0.338 e. The van der Waals surface area contributed by atoms with Crippen LogP contribution < -0.4 is 10.9 Å². The van der Waals surface area contributed by atoms with Gasteiger partial charge in [-0.1, -0.05) is 6.07 Å². The smallest absolute Gasteiger partial charge is 0.267 e. The molecule has 0 spiro atoms. The Bertz CT molecular complexity index is 873. The molecule has 3 N–H and O–H groups in total. The molecule has 1 aromatic heterocycles. The fourth-order valence-electron chi connectivity index (χ4n) is 3.96. The summed E-state index contributed by atoms with van der Waals surface area (Å²) in [5, 5.41) is 8.79. The van der Waals surface area contributed by atoms with Crippen molar-refractivity contribution in [1.29, 1.82) is 0 Å². The zero-order valence-corrected chi connectivity index (χ0v) is 15.8. The van der Waals surface area contributed by atoms with E-state index < -0.39 is 5.82 Å². The quantitative estimate of drug-likeness (QED) is 0.740. The van der Waals surface area contributed by atoms with Gasteiger partial charge in [0.25, 0.3) is 11.5 Å². The first kappa shape index (κ1) is 19.6. The van der Waals surface area contributed by atoms with E-state index in [-0.39, 0.29) is 29.4 Å². The first-order chi connectivity index (χ1) is 12.6. The summed E-state index contributed by atoms with van der Waals surface area (Å²) < 4.78 is 14.3. The number of rotatable bonds is 3. The third-order valence-corrected chi connectivity index (χ3v) is 5.46. The van der Waals surface area contributed by atoms with Crippen molar-refractivity contribution in [2.45, 2.75) is 25.7 Å². The summed E-state index contributed by atoms with van der Waals surface area (Å²) >= 11 is 0. The van der Waals surface area contributed by atoms with Crippen molar-refractivity contribution in [1.82, 2.24) is 20.4 Å². The van der Waals surface area contributed by atoms with Crippen molar-refractivity contribution in [2.24, 2.45) is 5.92 Å². The molecule has 1 aromatic carbocycles. The number of nitrogens with zero attached hydrogens (tertiary/aromatic N) is 1. The van der Waals surface area contributed by atoms with E-state index in [1.807, 2.05) is 0 Å². The molecular formula is C19H24ClFN4O2. The molecule has 146 valence electrons. The van der Waals surface area contributed by atoms with Crippen molar-refractivity contribution in [3.05, 3.63) is 56.8 Å². The summed E-state index contributed by atoms with van der Waals surface area (Å²) in [6.45, 7) is 2.88. The van der Waals surface area contributed by atoms with E-state index in [2.05, 4.69) is 15.5 Å². The lowest BCUT2D eigenvalue weighted by Crippen LogP contribution is -2.34. The third kappa shape index (κ3) is 4.09. The SMILES string of the molecule is Cl.O=C(c1cc(CC2CCNC2)ccc1F)N1CCc2[nH][nH]c(=O)c2CC1. The minimum absolute atomic E-state index is 0. The highest BCUT2D eigenvalue weighted by Gasteiger charge is 2.25. The van der Waals surface area contributed by atoms with Crippen molar-refractivity contribution in [3.8, 4) is 0 Å². The lowest BCUT2D eigenvalue weighted by molar-refractivity contribution is 0.0758. The summed E-state index contributed by atoms with van der Waals surface area (Å²) in [7, 11) is 0. The van der Waals surface area contributed by atoms with Gasteiger partial charge in [0.2, 0.25) is 0 Å². The number of aromatic nitrogens is 2. The molecular weight excluding hydrogens is 371 g/mol. The van der Waals surface area contributed by atoms with Crippen LogP contribution in [0.3, 0.4) is 0 Å². The maximum atomic E-state index is 14.3. The number of carbonyl (C=O) groups is 1. The molecule has 6 nitrogen and oxygen atoms in total. The van der Waals surface area contributed by atoms with Gasteiger partial charge in [0, 0.05) is 30.8 Å². The Morgan fingerprint density at radius 1 is 1.22 bits per heavy atom. The van der Waals surface area contributed by atoms with E-state index in [0.29, 0.717) is 37.4 Å². The molecule has 2 aromatic rings. The third-order valence-electron chi connectivity index (χ3n) is 5.46. The molecule has 1 amide bonds. The van der Waals surface area contributed by atoms with Crippen molar-refractivity contribution >= 4 is 18.3 Å². The lowest BCUT2D eigenvalue weighted by atomic mass is 9.97. The summed E-state index contributed by atoms with van der Waals surface area (Å²) in [6.07, 6.45) is 3.01. The molecule has 0 radical (unpaired) electrons. The van der Waals surface area contributed by atoms with Crippen LogP contribution in [0, 0.1) is 11.7 Å². The second-order valence-corrected chi connectivity index (χ2v) is 7.21. The topological polar surface area (TPSA) is 81.0 Å². The number of amides is 1. The number of hydrogen-bond acceptors (Lipinski definition) is 3. The molecule has 4 rings (SSSR count). The first-order valence-electron chi connectivity index (χ1n) is 9.18. The number of fused-ring (bicyclic) bond motifs is 1. The molecule has 3 heterocycles. The van der Waals surface area contributed by atoms with Gasteiger partial charge in [-0.3, -0.25) is 14.7 Å². The number of hydrogen-bond donors (Lipinski definition) is 3. The lowest BCUT2D eigenvalue weighted by Gasteiger charge is -2.21. The van der Waals surface area contributed by atoms with Crippen LogP contribution in [-0.4, -0.2) is 47.2 Å². The number of nitrogens with one attached hydrogen (secondary N) is 3. The molecule has 2 aliphatic rings. The van der Waals surface area contributed by atoms with Gasteiger partial charge in [0.05, 0.1) is 5.56 Å². The molecule has 0 saturated carbocycles. The molecule has 1 unspecified atom stereocenters. The highest BCUT2D eigenvalue weighted by atomic mass is 35.5. The molecule has 1 atom stereocenters. The van der Waals surface area contributed by atoms with Crippen molar-refractivity contribution < 1.29 is 9.18 Å². The van der Waals surface area contributed by atoms with Crippen LogP contribution in [0.4, 0.5) is 4.39 Å². The van der Waals surface area contributed by atoms with Crippen LogP contribution in [0.15, 0.2) is 23.0 Å². The van der Waals surface area contributed by atoms with E-state index in [4.69, 9.17) is 0 Å². The van der Waals surface area contributed by atoms with Crippen LogP contribution in [0.2, 0.25) is 0 Å². The van der Waals surface area contributed by atoms with Gasteiger partial charge >= 0.3 is 0 Å². The predicted molar refractivity (Wildman–Crippen MR) is 103 cm³/mol. The van der Waals surface area contributed by atoms with Crippen molar-refractivity contribution in [2.75, 3.05) is 26.2 Å². The standard InChI is InChI=1S/C19H23FN4O2.ClH/c20-16-2-1-12(9-13-3-6-21-11-13)10-15(16)19(26)24-7-4-14-17(5-8-24)22-23-18(14)25;/h1-2,10,13,21H,3-9,11H2,(H2,22,23,25);1H. The molecule has 0 aliphatic carbocycles. The number of benzene rings is 1. The van der Waals surface area contributed by atoms with E-state index >= 15 is 0 Å². The Kier molecular flexibility index (Phi) is 6.01. The highest BCUT2D eigenvalue weighted by molar-refractivity contribution is 5.94. The van der Waals surface area contributed by atoms with Gasteiger partial charge in [0.1, 0.15) is 5.82 Å². The summed E-state index contributed by atoms with van der Waals surface area (Å²) in [4.78, 5) is 26.3. The molecule has 27 heavy (non-hydrogen) atoms. The zero-order valence-electron chi connectivity index (χ0n) is 15.0. The number of carbonyl (C=O) groups excluding carboxylic acids is 1. The summed E-state index contributed by atoms with van der Waals surface area (Å²) in [6, 6.07) is 4.88. The molecule has 8 heteroatoms. The Hall–Kier alpha value is -2.12. The van der Waals surface area contributed by atoms with E-state index in [1.54, 1.807) is 17.0 Å². The van der Waals surface area contributed by atoms with Gasteiger partial charge < -0.3 is 15.3 Å². The average Bonchev–Trinajstić information content (AvgIpc) is 3.21. The maximum Gasteiger partial charge on any atom is 0.267 e. The van der Waals surface area contributed by atoms with E-state index in [1.165, 1.54) is 6.07 Å². The minimum Gasteiger partial charge on any atom is -0.338 e. The zero-order chi connectivity index (χ0) is 18.1. The Labute approximate surface area is 162 Å². The predicted octanol–water partition coefficient (Wildman–Crippen LogP) is 1.66. The number of aromatic amines is 2. The van der Waals surface area contributed by atoms with Crippen LogP contribution in [-0.2, 0) is 19.3 Å². The summed E-state index contributed by atoms with van der Waals surface area (Å²) in [5.74, 6) is -0.238. The van der Waals surface area contributed by atoms with Gasteiger partial charge in [-0.2, -0.15) is 0 Å². The molecule has 1 saturated heterocycles. The average molecular weight is 395 g/mol. The van der Waals surface area contributed by atoms with E-state index in [9.17, 15) is 14.0 Å². The summed E-state index contributed by atoms with van der Waals surface area (Å²) in [5.41, 5.74) is 2.54. The van der Waals surface area contributed by atoms with Crippen molar-refractivity contribution in [3.63, 3.8) is 0 Å². The molecule has 2 aliphatic heterocycles. The Balaban J connectivity index is 0.00000210. The Morgan fingerprint density at radius 3 is 2.81 bits per heavy atom. The maximum absolute atomic E-state index is 14.3. The van der Waals surface area contributed by atoms with Gasteiger partial charge in [-0.25, -0.2) is 4.39 Å². The monoisotopic (exact) mass is 394 g/mol. The molecule has 1 fully saturated rings. The molecule has 0 bridgehead atoms. The van der Waals surface area contributed by atoms with Crippen LogP contribution in [0.1, 0.15) is 33.6 Å². The van der Waals surface area contributed by atoms with E-state index in [0.717, 1.165) is 37.2 Å². The minimum atomic E-state index is -0.482. The van der Waals surface area contributed by atoms with Gasteiger partial charge in [0.15, 0.2) is 0 Å². The van der Waals surface area contributed by atoms with Gasteiger partial charge in [-0.05, 0) is 56.0 Å². The fraction of sp³-hybridized carbons (Fsp3) is 0.474. The normalized spacial score (nSPS) is 19.3.